The molecular weight excluding hydrogens is 258 g/mol. The van der Waals surface area contributed by atoms with Crippen molar-refractivity contribution in [3.63, 3.8) is 0 Å². The zero-order valence-electron chi connectivity index (χ0n) is 11.1. The van der Waals surface area contributed by atoms with Gasteiger partial charge in [0.1, 0.15) is 0 Å². The van der Waals surface area contributed by atoms with E-state index in [9.17, 15) is 0 Å². The third-order valence-corrected chi connectivity index (χ3v) is 3.51. The first kappa shape index (κ1) is 13.9. The van der Waals surface area contributed by atoms with E-state index in [1.54, 1.807) is 6.07 Å². The number of nitrogens with one attached hydrogen (secondary N) is 1. The fourth-order valence-electron chi connectivity index (χ4n) is 2.23. The van der Waals surface area contributed by atoms with Crippen LogP contribution in [-0.4, -0.2) is 0 Å². The molecule has 0 aromatic heterocycles. The second-order valence-corrected chi connectivity index (χ2v) is 5.17. The van der Waals surface area contributed by atoms with Crippen LogP contribution in [-0.2, 0) is 0 Å². The van der Waals surface area contributed by atoms with Gasteiger partial charge in [-0.15, -0.1) is 0 Å². The minimum atomic E-state index is -0.142. The van der Waals surface area contributed by atoms with Crippen LogP contribution in [0.3, 0.4) is 0 Å². The molecule has 0 spiro atoms. The van der Waals surface area contributed by atoms with Crippen LogP contribution in [0.1, 0.15) is 28.3 Å². The van der Waals surface area contributed by atoms with Crippen molar-refractivity contribution >= 4 is 17.3 Å². The van der Waals surface area contributed by atoms with Crippen LogP contribution in [0.2, 0.25) is 5.02 Å². The molecule has 5 N–H and O–H groups in total. The maximum atomic E-state index is 6.04. The Bertz CT molecular complexity index is 596. The molecule has 0 bridgehead atoms. The van der Waals surface area contributed by atoms with Gasteiger partial charge in [0.05, 0.1) is 6.04 Å². The molecule has 3 nitrogen and oxygen atoms in total. The van der Waals surface area contributed by atoms with Gasteiger partial charge in [-0.05, 0) is 42.7 Å². The summed E-state index contributed by atoms with van der Waals surface area (Å²) in [5, 5.41) is 0.623. The zero-order valence-corrected chi connectivity index (χ0v) is 11.8. The summed E-state index contributed by atoms with van der Waals surface area (Å²) in [6, 6.07) is 11.6. The highest BCUT2D eigenvalue weighted by Crippen LogP contribution is 2.30. The third kappa shape index (κ3) is 2.89. The Labute approximate surface area is 118 Å². The first-order valence-corrected chi connectivity index (χ1v) is 6.49. The first-order valence-electron chi connectivity index (χ1n) is 6.11. The minimum Gasteiger partial charge on any atom is -0.398 e. The Balaban J connectivity index is 2.52. The fraction of sp³-hybridized carbons (Fsp3) is 0.200. The van der Waals surface area contributed by atoms with Gasteiger partial charge in [-0.25, -0.2) is 5.43 Å². The quantitative estimate of drug-likeness (QED) is 0.458. The van der Waals surface area contributed by atoms with E-state index in [4.69, 9.17) is 23.2 Å². The predicted octanol–water partition coefficient (Wildman–Crippen LogP) is 3.09. The predicted molar refractivity (Wildman–Crippen MR) is 80.9 cm³/mol. The van der Waals surface area contributed by atoms with Crippen molar-refractivity contribution in [3.8, 4) is 0 Å². The summed E-state index contributed by atoms with van der Waals surface area (Å²) >= 11 is 5.94. The molecule has 4 heteroatoms. The van der Waals surface area contributed by atoms with Crippen LogP contribution >= 0.6 is 11.6 Å². The lowest BCUT2D eigenvalue weighted by molar-refractivity contribution is 0.635. The Hall–Kier alpha value is -1.55. The molecule has 19 heavy (non-hydrogen) atoms. The monoisotopic (exact) mass is 275 g/mol. The van der Waals surface area contributed by atoms with Crippen molar-refractivity contribution in [2.75, 3.05) is 5.73 Å². The Morgan fingerprint density at radius 2 is 1.79 bits per heavy atom. The van der Waals surface area contributed by atoms with E-state index >= 15 is 0 Å². The van der Waals surface area contributed by atoms with Crippen molar-refractivity contribution in [3.05, 3.63) is 63.7 Å². The number of nitrogens with two attached hydrogens (primary N) is 2. The molecule has 0 aliphatic heterocycles. The molecule has 0 aliphatic carbocycles. The summed E-state index contributed by atoms with van der Waals surface area (Å²) in [4.78, 5) is 0. The number of hydrazine groups is 1. The van der Waals surface area contributed by atoms with Gasteiger partial charge < -0.3 is 5.73 Å². The van der Waals surface area contributed by atoms with Gasteiger partial charge >= 0.3 is 0 Å². The van der Waals surface area contributed by atoms with Gasteiger partial charge in [0.15, 0.2) is 0 Å². The second-order valence-electron chi connectivity index (χ2n) is 4.73. The molecule has 100 valence electrons. The smallest absolute Gasteiger partial charge is 0.0732 e. The molecule has 0 amide bonds. The van der Waals surface area contributed by atoms with Crippen molar-refractivity contribution in [2.45, 2.75) is 19.9 Å². The lowest BCUT2D eigenvalue weighted by Crippen LogP contribution is -2.30. The summed E-state index contributed by atoms with van der Waals surface area (Å²) in [7, 11) is 0. The SMILES string of the molecule is Cc1ccc(C)c(C(NN)c2ccc(Cl)cc2N)c1. The number of halogens is 1. The number of nitrogen functional groups attached to an aromatic ring is 1. The van der Waals surface area contributed by atoms with E-state index in [1.807, 2.05) is 12.1 Å². The molecule has 0 aliphatic rings. The van der Waals surface area contributed by atoms with Gasteiger partial charge in [0, 0.05) is 10.7 Å². The average molecular weight is 276 g/mol. The lowest BCUT2D eigenvalue weighted by atomic mass is 9.93. The van der Waals surface area contributed by atoms with Crippen LogP contribution in [0.5, 0.6) is 0 Å². The molecule has 0 saturated carbocycles. The van der Waals surface area contributed by atoms with Gasteiger partial charge in [-0.1, -0.05) is 41.4 Å². The molecule has 2 rings (SSSR count). The van der Waals surface area contributed by atoms with Gasteiger partial charge in [0.2, 0.25) is 0 Å². The highest BCUT2D eigenvalue weighted by molar-refractivity contribution is 6.30. The van der Waals surface area contributed by atoms with E-state index in [-0.39, 0.29) is 6.04 Å². The van der Waals surface area contributed by atoms with Crippen molar-refractivity contribution in [2.24, 2.45) is 5.84 Å². The topological polar surface area (TPSA) is 64.1 Å². The number of rotatable bonds is 3. The van der Waals surface area contributed by atoms with Gasteiger partial charge in [-0.2, -0.15) is 0 Å². The average Bonchev–Trinajstić information content (AvgIpc) is 2.36. The van der Waals surface area contributed by atoms with Crippen LogP contribution < -0.4 is 17.0 Å². The van der Waals surface area contributed by atoms with Crippen molar-refractivity contribution < 1.29 is 0 Å². The van der Waals surface area contributed by atoms with E-state index in [2.05, 4.69) is 37.5 Å². The number of hydrogen-bond donors (Lipinski definition) is 3. The minimum absolute atomic E-state index is 0.142. The van der Waals surface area contributed by atoms with Crippen LogP contribution in [0, 0.1) is 13.8 Å². The summed E-state index contributed by atoms with van der Waals surface area (Å²) in [5.74, 6) is 5.72. The Morgan fingerprint density at radius 3 is 2.42 bits per heavy atom. The highest BCUT2D eigenvalue weighted by atomic mass is 35.5. The van der Waals surface area contributed by atoms with Crippen molar-refractivity contribution in [1.82, 2.24) is 5.43 Å². The maximum absolute atomic E-state index is 6.04. The number of anilines is 1. The molecule has 0 heterocycles. The largest absolute Gasteiger partial charge is 0.398 e. The van der Waals surface area contributed by atoms with Crippen LogP contribution in [0.15, 0.2) is 36.4 Å². The van der Waals surface area contributed by atoms with E-state index in [1.165, 1.54) is 11.1 Å². The number of aryl methyl sites for hydroxylation is 2. The summed E-state index contributed by atoms with van der Waals surface area (Å²) in [6.07, 6.45) is 0. The number of hydrogen-bond acceptors (Lipinski definition) is 3. The highest BCUT2D eigenvalue weighted by Gasteiger charge is 2.17. The standard InChI is InChI=1S/C15H18ClN3/c1-9-3-4-10(2)13(7-9)15(19-18)12-6-5-11(16)8-14(12)17/h3-8,15,19H,17-18H2,1-2H3. The molecule has 2 aromatic rings. The van der Waals surface area contributed by atoms with Crippen LogP contribution in [0.25, 0.3) is 0 Å². The summed E-state index contributed by atoms with van der Waals surface area (Å²) in [6.45, 7) is 4.12. The Morgan fingerprint density at radius 1 is 1.05 bits per heavy atom. The second kappa shape index (κ2) is 5.61. The third-order valence-electron chi connectivity index (χ3n) is 3.27. The maximum Gasteiger partial charge on any atom is 0.0732 e. The molecule has 2 aromatic carbocycles. The molecule has 1 atom stereocenters. The van der Waals surface area contributed by atoms with E-state index in [0.29, 0.717) is 10.7 Å². The summed E-state index contributed by atoms with van der Waals surface area (Å²) < 4.78 is 0. The van der Waals surface area contributed by atoms with Gasteiger partial charge in [0.25, 0.3) is 0 Å². The normalized spacial score (nSPS) is 12.4. The molecule has 0 fully saturated rings. The molecule has 0 saturated heterocycles. The molecule has 0 radical (unpaired) electrons. The molecular formula is C15H18ClN3. The first-order chi connectivity index (χ1) is 9.02. The van der Waals surface area contributed by atoms with Crippen LogP contribution in [0.4, 0.5) is 5.69 Å². The summed E-state index contributed by atoms with van der Waals surface area (Å²) in [5.41, 5.74) is 13.9. The Kier molecular flexibility index (Phi) is 4.10. The molecule has 1 unspecified atom stereocenters. The zero-order chi connectivity index (χ0) is 14.0. The van der Waals surface area contributed by atoms with E-state index < -0.39 is 0 Å². The fourth-order valence-corrected chi connectivity index (χ4v) is 2.41. The van der Waals surface area contributed by atoms with E-state index in [0.717, 1.165) is 11.1 Å². The van der Waals surface area contributed by atoms with Crippen molar-refractivity contribution in [1.29, 1.82) is 0 Å². The van der Waals surface area contributed by atoms with Gasteiger partial charge in [-0.3, -0.25) is 5.84 Å². The number of benzene rings is 2. The lowest BCUT2D eigenvalue weighted by Gasteiger charge is -2.21.